The highest BCUT2D eigenvalue weighted by Crippen LogP contribution is 2.60. The third-order valence-corrected chi connectivity index (χ3v) is 7.16. The Labute approximate surface area is 161 Å². The maximum absolute atomic E-state index is 13.2. The number of hydrogen-bond donors (Lipinski definition) is 0. The Kier molecular flexibility index (Phi) is 4.03. The fourth-order valence-corrected chi connectivity index (χ4v) is 6.68. The van der Waals surface area contributed by atoms with E-state index in [-0.39, 0.29) is 5.91 Å². The van der Waals surface area contributed by atoms with Crippen LogP contribution in [0.2, 0.25) is 0 Å². The molecule has 1 aromatic rings. The van der Waals surface area contributed by atoms with E-state index in [2.05, 4.69) is 0 Å². The van der Waals surface area contributed by atoms with Crippen molar-refractivity contribution in [1.29, 1.82) is 0 Å². The molecule has 1 aliphatic heterocycles. The number of amides is 1. The van der Waals surface area contributed by atoms with Crippen molar-refractivity contribution in [3.63, 3.8) is 0 Å². The van der Waals surface area contributed by atoms with Gasteiger partial charge in [-0.2, -0.15) is 0 Å². The first-order valence-electron chi connectivity index (χ1n) is 10.3. The van der Waals surface area contributed by atoms with Crippen molar-refractivity contribution in [3.05, 3.63) is 17.7 Å². The van der Waals surface area contributed by atoms with Gasteiger partial charge in [-0.3, -0.25) is 4.79 Å². The Balaban J connectivity index is 1.36. The third-order valence-electron chi connectivity index (χ3n) is 7.16. The minimum Gasteiger partial charge on any atom is -0.493 e. The van der Waals surface area contributed by atoms with Crippen LogP contribution in [-0.2, 0) is 0 Å². The summed E-state index contributed by atoms with van der Waals surface area (Å²) in [6.45, 7) is 1.87. The van der Waals surface area contributed by atoms with Gasteiger partial charge in [-0.15, -0.1) is 0 Å². The zero-order valence-corrected chi connectivity index (χ0v) is 16.3. The van der Waals surface area contributed by atoms with Crippen LogP contribution in [-0.4, -0.2) is 44.7 Å². The van der Waals surface area contributed by atoms with Crippen molar-refractivity contribution in [2.75, 3.05) is 33.9 Å². The van der Waals surface area contributed by atoms with Crippen LogP contribution in [0.15, 0.2) is 12.1 Å². The SMILES string of the molecule is COc1cc(C(=O)N(C)CC23CC4CC(CC(C4)C2)C3)cc2c1OCCO2. The van der Waals surface area contributed by atoms with Gasteiger partial charge in [-0.1, -0.05) is 0 Å². The standard InChI is InChI=1S/C22H29NO4/c1-23(13-22-10-14-5-15(11-22)7-16(6-14)12-22)21(24)17-8-18(25-2)20-19(9-17)26-3-4-27-20/h8-9,14-16H,3-7,10-13H2,1-2H3. The zero-order valence-electron chi connectivity index (χ0n) is 16.3. The number of methoxy groups -OCH3 is 1. The number of ether oxygens (including phenoxy) is 3. The number of nitrogens with zero attached hydrogens (tertiary/aromatic N) is 1. The summed E-state index contributed by atoms with van der Waals surface area (Å²) >= 11 is 0. The van der Waals surface area contributed by atoms with Crippen molar-refractivity contribution >= 4 is 5.91 Å². The Morgan fingerprint density at radius 2 is 1.74 bits per heavy atom. The summed E-state index contributed by atoms with van der Waals surface area (Å²) in [7, 11) is 3.55. The summed E-state index contributed by atoms with van der Waals surface area (Å²) in [5.41, 5.74) is 0.959. The van der Waals surface area contributed by atoms with Gasteiger partial charge in [-0.05, 0) is 73.8 Å². The summed E-state index contributed by atoms with van der Waals surface area (Å²) in [5, 5.41) is 0. The summed E-state index contributed by atoms with van der Waals surface area (Å²) < 4.78 is 16.8. The Morgan fingerprint density at radius 3 is 2.37 bits per heavy atom. The molecule has 5 aliphatic rings. The summed E-state index contributed by atoms with van der Waals surface area (Å²) in [6, 6.07) is 3.58. The first-order chi connectivity index (χ1) is 13.0. The lowest BCUT2D eigenvalue weighted by Crippen LogP contribution is -2.51. The van der Waals surface area contributed by atoms with E-state index in [4.69, 9.17) is 14.2 Å². The number of rotatable bonds is 4. The average molecular weight is 371 g/mol. The molecule has 0 saturated heterocycles. The van der Waals surface area contributed by atoms with Crippen LogP contribution in [0.1, 0.15) is 48.9 Å². The van der Waals surface area contributed by atoms with Crippen molar-refractivity contribution in [2.24, 2.45) is 23.2 Å². The molecule has 5 nitrogen and oxygen atoms in total. The van der Waals surface area contributed by atoms with E-state index < -0.39 is 0 Å². The Hall–Kier alpha value is -1.91. The molecule has 0 radical (unpaired) electrons. The molecule has 4 fully saturated rings. The van der Waals surface area contributed by atoms with Crippen molar-refractivity contribution < 1.29 is 19.0 Å². The number of hydrogen-bond acceptors (Lipinski definition) is 4. The lowest BCUT2D eigenvalue weighted by molar-refractivity contribution is -0.0629. The molecule has 27 heavy (non-hydrogen) atoms. The molecular weight excluding hydrogens is 342 g/mol. The van der Waals surface area contributed by atoms with Gasteiger partial charge >= 0.3 is 0 Å². The molecule has 4 saturated carbocycles. The highest BCUT2D eigenvalue weighted by molar-refractivity contribution is 5.95. The normalized spacial score (nSPS) is 33.0. The predicted octanol–water partition coefficient (Wildman–Crippen LogP) is 3.75. The van der Waals surface area contributed by atoms with Crippen molar-refractivity contribution in [1.82, 2.24) is 4.90 Å². The van der Waals surface area contributed by atoms with Crippen molar-refractivity contribution in [3.8, 4) is 17.2 Å². The molecular formula is C22H29NO4. The smallest absolute Gasteiger partial charge is 0.253 e. The van der Waals surface area contributed by atoms with E-state index in [9.17, 15) is 4.79 Å². The van der Waals surface area contributed by atoms with E-state index >= 15 is 0 Å². The number of benzene rings is 1. The van der Waals surface area contributed by atoms with Gasteiger partial charge in [0.05, 0.1) is 7.11 Å². The molecule has 0 atom stereocenters. The van der Waals surface area contributed by atoms with Gasteiger partial charge in [0.2, 0.25) is 5.75 Å². The van der Waals surface area contributed by atoms with E-state index in [1.165, 1.54) is 38.5 Å². The second-order valence-corrected chi connectivity index (χ2v) is 9.28. The lowest BCUT2D eigenvalue weighted by atomic mass is 9.49. The summed E-state index contributed by atoms with van der Waals surface area (Å²) in [5.74, 6) is 4.51. The fourth-order valence-electron chi connectivity index (χ4n) is 6.68. The van der Waals surface area contributed by atoms with Gasteiger partial charge in [-0.25, -0.2) is 0 Å². The first-order valence-corrected chi connectivity index (χ1v) is 10.3. The Morgan fingerprint density at radius 1 is 1.11 bits per heavy atom. The van der Waals surface area contributed by atoms with E-state index in [1.807, 2.05) is 11.9 Å². The number of fused-ring (bicyclic) bond motifs is 1. The molecule has 0 spiro atoms. The third kappa shape index (κ3) is 2.95. The van der Waals surface area contributed by atoms with Crippen LogP contribution in [0.5, 0.6) is 17.2 Å². The van der Waals surface area contributed by atoms with Crippen LogP contribution in [0.4, 0.5) is 0 Å². The van der Waals surface area contributed by atoms with E-state index in [1.54, 1.807) is 19.2 Å². The average Bonchev–Trinajstić information content (AvgIpc) is 2.65. The maximum atomic E-state index is 13.2. The molecule has 1 aromatic carbocycles. The summed E-state index contributed by atoms with van der Waals surface area (Å²) in [6.07, 6.45) is 8.20. The molecule has 4 bridgehead atoms. The Bertz CT molecular complexity index is 706. The minimum atomic E-state index is 0.0426. The van der Waals surface area contributed by atoms with Gasteiger partial charge in [0.15, 0.2) is 11.5 Å². The maximum Gasteiger partial charge on any atom is 0.253 e. The highest BCUT2D eigenvalue weighted by atomic mass is 16.6. The van der Waals surface area contributed by atoms with Crippen LogP contribution >= 0.6 is 0 Å². The van der Waals surface area contributed by atoms with Crippen LogP contribution in [0, 0.1) is 23.2 Å². The molecule has 5 heteroatoms. The van der Waals surface area contributed by atoms with Crippen molar-refractivity contribution in [2.45, 2.75) is 38.5 Å². The fraction of sp³-hybridized carbons (Fsp3) is 0.682. The van der Waals surface area contributed by atoms with Crippen LogP contribution in [0.3, 0.4) is 0 Å². The van der Waals surface area contributed by atoms with Gasteiger partial charge in [0.25, 0.3) is 5.91 Å². The van der Waals surface area contributed by atoms with Gasteiger partial charge < -0.3 is 19.1 Å². The molecule has 0 N–H and O–H groups in total. The minimum absolute atomic E-state index is 0.0426. The molecule has 4 aliphatic carbocycles. The zero-order chi connectivity index (χ0) is 18.6. The van der Waals surface area contributed by atoms with Gasteiger partial charge in [0.1, 0.15) is 13.2 Å². The molecule has 0 aromatic heterocycles. The second kappa shape index (κ2) is 6.32. The second-order valence-electron chi connectivity index (χ2n) is 9.28. The number of carbonyl (C=O) groups is 1. The quantitative estimate of drug-likeness (QED) is 0.809. The van der Waals surface area contributed by atoms with E-state index in [0.29, 0.717) is 41.4 Å². The van der Waals surface area contributed by atoms with Crippen LogP contribution < -0.4 is 14.2 Å². The monoisotopic (exact) mass is 371 g/mol. The molecule has 6 rings (SSSR count). The first kappa shape index (κ1) is 17.2. The molecule has 146 valence electrons. The highest BCUT2D eigenvalue weighted by Gasteiger charge is 2.51. The summed E-state index contributed by atoms with van der Waals surface area (Å²) in [4.78, 5) is 15.1. The van der Waals surface area contributed by atoms with E-state index in [0.717, 1.165) is 24.3 Å². The molecule has 1 amide bonds. The number of carbonyl (C=O) groups excluding carboxylic acids is 1. The topological polar surface area (TPSA) is 48.0 Å². The van der Waals surface area contributed by atoms with Gasteiger partial charge in [0, 0.05) is 19.2 Å². The largest absolute Gasteiger partial charge is 0.493 e. The molecule has 0 unspecified atom stereocenters. The predicted molar refractivity (Wildman–Crippen MR) is 102 cm³/mol. The van der Waals surface area contributed by atoms with Crippen LogP contribution in [0.25, 0.3) is 0 Å². The molecule has 1 heterocycles. The lowest BCUT2D eigenvalue weighted by Gasteiger charge is -2.57.